The summed E-state index contributed by atoms with van der Waals surface area (Å²) in [5.41, 5.74) is 16.3. The first-order valence-corrected chi connectivity index (χ1v) is 18.8. The molecule has 8 heteroatoms. The predicted molar refractivity (Wildman–Crippen MR) is 196 cm³/mol. The summed E-state index contributed by atoms with van der Waals surface area (Å²) in [6.07, 6.45) is -0.0451. The minimum absolute atomic E-state index is 0.0599. The molecule has 2 bridgehead atoms. The first-order chi connectivity index (χ1) is 21.3. The normalized spacial score (nSPS) is 22.2. The van der Waals surface area contributed by atoms with Gasteiger partial charge >= 0.3 is 261 Å². The maximum atomic E-state index is 4.41. The summed E-state index contributed by atoms with van der Waals surface area (Å²) in [6, 6.07) is 37.5. The van der Waals surface area contributed by atoms with Crippen molar-refractivity contribution in [3.05, 3.63) is 119 Å². The van der Waals surface area contributed by atoms with Crippen LogP contribution < -0.4 is 26.8 Å². The van der Waals surface area contributed by atoms with Crippen LogP contribution in [0.1, 0.15) is 49.9 Å². The van der Waals surface area contributed by atoms with Gasteiger partial charge < -0.3 is 0 Å². The minimum atomic E-state index is -2.35. The van der Waals surface area contributed by atoms with Gasteiger partial charge in [-0.3, -0.25) is 0 Å². The number of hydrogen-bond acceptors (Lipinski definition) is 1. The van der Waals surface area contributed by atoms with Crippen molar-refractivity contribution in [3.63, 3.8) is 0 Å². The number of para-hydroxylation sites is 2. The zero-order valence-corrected chi connectivity index (χ0v) is 26.4. The molecule has 204 valence electrons. The monoisotopic (exact) mass is 575 g/mol. The summed E-state index contributed by atoms with van der Waals surface area (Å²) in [5.74, 6) is 0. The first-order valence-electron chi connectivity index (χ1n) is 16.4. The van der Waals surface area contributed by atoms with Gasteiger partial charge in [0.1, 0.15) is 0 Å². The quantitative estimate of drug-likeness (QED) is 0.233. The van der Waals surface area contributed by atoms with Gasteiger partial charge in [-0.05, 0) is 0 Å². The van der Waals surface area contributed by atoms with E-state index in [0.29, 0.717) is 0 Å². The molecule has 6 aromatic rings. The molecule has 0 aliphatic carbocycles. The Morgan fingerprint density at radius 3 is 2.07 bits per heavy atom. The van der Waals surface area contributed by atoms with Crippen molar-refractivity contribution in [1.29, 1.82) is 0 Å². The standard InChI is InChI=1S/C36H29B5N2P/c1-35(2)24-15-10-16-25-31(24)38-32-26(35)17-11-19-28(32)43-27-18-9-8-14-22(27)23-20-29(30(36(25,3)4)33(38)34(23)43)44(39-37-40(44)41(39)44)42-21-12-6-5-7-13-21/h5-20,42H,1-4H3/q-1. The second kappa shape index (κ2) is 6.68. The Morgan fingerprint density at radius 1 is 0.682 bits per heavy atom. The second-order valence-corrected chi connectivity index (χ2v) is 20.8. The molecule has 13 rings (SSSR count). The van der Waals surface area contributed by atoms with Crippen LogP contribution in [0.2, 0.25) is 0 Å². The van der Waals surface area contributed by atoms with Gasteiger partial charge in [-0.2, -0.15) is 0 Å². The van der Waals surface area contributed by atoms with Crippen molar-refractivity contribution in [3.8, 4) is 5.69 Å². The molecule has 1 aromatic heterocycles. The van der Waals surface area contributed by atoms with Gasteiger partial charge in [0.15, 0.2) is 0 Å². The van der Waals surface area contributed by atoms with E-state index in [1.54, 1.807) is 32.8 Å². The fourth-order valence-electron chi connectivity index (χ4n) is 11.5. The molecule has 5 aromatic carbocycles. The number of nitrogens with zero attached hydrogens (tertiary/aromatic N) is 1. The fraction of sp³-hybridized carbons (Fsp3) is 0.167. The van der Waals surface area contributed by atoms with Crippen molar-refractivity contribution >= 4 is 88.0 Å². The molecule has 0 spiro atoms. The van der Waals surface area contributed by atoms with E-state index in [0.717, 1.165) is 18.6 Å². The molecule has 0 saturated carbocycles. The van der Waals surface area contributed by atoms with Crippen molar-refractivity contribution < 1.29 is 0 Å². The van der Waals surface area contributed by atoms with Gasteiger partial charge in [-0.1, -0.05) is 0 Å². The molecular formula is C36H29B5N2P-. The van der Waals surface area contributed by atoms with E-state index in [4.69, 9.17) is 0 Å². The van der Waals surface area contributed by atoms with Crippen molar-refractivity contribution in [2.45, 2.75) is 38.5 Å². The van der Waals surface area contributed by atoms with Crippen LogP contribution in [-0.4, -0.2) is 37.0 Å². The molecule has 2 radical (unpaired) electrons. The Bertz CT molecular complexity index is 2390. The van der Waals surface area contributed by atoms with Gasteiger partial charge in [-0.15, -0.1) is 0 Å². The molecule has 2 nitrogen and oxygen atoms in total. The predicted octanol–water partition coefficient (Wildman–Crippen LogP) is 4.97. The zero-order chi connectivity index (χ0) is 29.1. The Kier molecular flexibility index (Phi) is 3.61. The summed E-state index contributed by atoms with van der Waals surface area (Å²) >= 11 is 0. The molecule has 7 aliphatic heterocycles. The van der Waals surface area contributed by atoms with E-state index < -0.39 is 6.39 Å². The SMILES string of the molecule is CC1(C)c2cccc3c2B2c4c1cccc4C(C)(C)c1c(P45(Nc6ccccc6)B6[B-]B4B65)cc4c5ccccc5n-3c4c12. The molecule has 7 aliphatic rings. The van der Waals surface area contributed by atoms with Gasteiger partial charge in [0, 0.05) is 0 Å². The van der Waals surface area contributed by atoms with Crippen LogP contribution in [0.4, 0.5) is 5.69 Å². The van der Waals surface area contributed by atoms with E-state index in [2.05, 4.69) is 141 Å². The summed E-state index contributed by atoms with van der Waals surface area (Å²) in [4.78, 5) is 0. The van der Waals surface area contributed by atoms with E-state index >= 15 is 0 Å². The summed E-state index contributed by atoms with van der Waals surface area (Å²) in [6.45, 7) is 10.3. The number of rotatable bonds is 3. The average Bonchev–Trinajstić information content (AvgIpc) is 3.60. The van der Waals surface area contributed by atoms with E-state index in [9.17, 15) is 0 Å². The number of aromatic nitrogens is 1. The number of hydrogen-bond donors (Lipinski definition) is 1. The van der Waals surface area contributed by atoms with Crippen molar-refractivity contribution in [2.24, 2.45) is 0 Å². The van der Waals surface area contributed by atoms with Crippen LogP contribution in [0, 0.1) is 0 Å². The average molecular weight is 575 g/mol. The third-order valence-electron chi connectivity index (χ3n) is 13.4. The summed E-state index contributed by atoms with van der Waals surface area (Å²) < 4.78 is 2.66. The molecule has 8 heterocycles. The molecule has 4 saturated heterocycles. The number of nitrogens with one attached hydrogen (secondary N) is 1. The van der Waals surface area contributed by atoms with E-state index in [1.165, 1.54) is 44.3 Å². The van der Waals surface area contributed by atoms with Crippen molar-refractivity contribution in [1.82, 2.24) is 4.57 Å². The summed E-state index contributed by atoms with van der Waals surface area (Å²) in [5, 5.41) is 8.97. The van der Waals surface area contributed by atoms with E-state index in [1.807, 2.05) is 0 Å². The van der Waals surface area contributed by atoms with E-state index in [-0.39, 0.29) is 17.5 Å². The fourth-order valence-corrected chi connectivity index (χ4v) is 19.9. The molecule has 0 amide bonds. The van der Waals surface area contributed by atoms with Gasteiger partial charge in [0.2, 0.25) is 0 Å². The summed E-state index contributed by atoms with van der Waals surface area (Å²) in [7, 11) is 2.68. The Balaban J connectivity index is 1.31. The van der Waals surface area contributed by atoms with Crippen LogP contribution >= 0.6 is 6.39 Å². The zero-order valence-electron chi connectivity index (χ0n) is 25.5. The molecule has 0 atom stereocenters. The molecule has 44 heavy (non-hydrogen) atoms. The topological polar surface area (TPSA) is 17.0 Å². The van der Waals surface area contributed by atoms with Crippen LogP contribution in [0.5, 0.6) is 0 Å². The first kappa shape index (κ1) is 23.8. The molecule has 4 fully saturated rings. The van der Waals surface area contributed by atoms with Gasteiger partial charge in [0.25, 0.3) is 0 Å². The van der Waals surface area contributed by atoms with Crippen LogP contribution in [0.25, 0.3) is 27.5 Å². The van der Waals surface area contributed by atoms with Gasteiger partial charge in [-0.25, -0.2) is 0 Å². The number of anilines is 1. The Labute approximate surface area is 260 Å². The number of fused-ring (bicyclic) bond motifs is 4. The van der Waals surface area contributed by atoms with Crippen LogP contribution in [-0.2, 0) is 10.8 Å². The third-order valence-corrected chi connectivity index (χ3v) is 20.4. The molecule has 0 unspecified atom stereocenters. The van der Waals surface area contributed by atoms with Crippen LogP contribution in [0.3, 0.4) is 0 Å². The Morgan fingerprint density at radius 2 is 1.34 bits per heavy atom. The Hall–Kier alpha value is -3.55. The second-order valence-electron chi connectivity index (χ2n) is 15.6. The molecular weight excluding hydrogens is 545 g/mol. The third kappa shape index (κ3) is 2.07. The molecule has 1 N–H and O–H groups in total. The number of benzene rings is 5. The maximum absolute atomic E-state index is 4.41. The van der Waals surface area contributed by atoms with Crippen molar-refractivity contribution in [2.75, 3.05) is 5.09 Å². The van der Waals surface area contributed by atoms with Gasteiger partial charge in [0.05, 0.1) is 0 Å². The van der Waals surface area contributed by atoms with Crippen LogP contribution in [0.15, 0.2) is 97.1 Å².